The molecular weight excluding hydrogens is 345 g/mol. The molecule has 27 heavy (non-hydrogen) atoms. The zero-order chi connectivity index (χ0) is 19.2. The summed E-state index contributed by atoms with van der Waals surface area (Å²) in [5.74, 6) is 0.834. The Bertz CT molecular complexity index is 973. The zero-order valence-electron chi connectivity index (χ0n) is 15.4. The molecule has 0 saturated heterocycles. The lowest BCUT2D eigenvalue weighted by Gasteiger charge is -2.29. The average molecular weight is 365 g/mol. The fourth-order valence-electron chi connectivity index (χ4n) is 3.41. The van der Waals surface area contributed by atoms with Gasteiger partial charge in [-0.3, -0.25) is 0 Å². The van der Waals surface area contributed by atoms with Gasteiger partial charge in [-0.05, 0) is 24.1 Å². The maximum Gasteiger partial charge on any atom is 0.159 e. The van der Waals surface area contributed by atoms with E-state index in [1.54, 1.807) is 17.3 Å². The second-order valence-corrected chi connectivity index (χ2v) is 7.21. The number of alkyl halides is 1. The summed E-state index contributed by atoms with van der Waals surface area (Å²) in [6, 6.07) is 6.03. The summed E-state index contributed by atoms with van der Waals surface area (Å²) >= 11 is 0. The highest BCUT2D eigenvalue weighted by atomic mass is 19.1. The number of aryl methyl sites for hydroxylation is 1. The van der Waals surface area contributed by atoms with Gasteiger partial charge in [0, 0.05) is 29.1 Å². The van der Waals surface area contributed by atoms with E-state index >= 15 is 0 Å². The van der Waals surface area contributed by atoms with Gasteiger partial charge in [-0.1, -0.05) is 26.0 Å². The minimum Gasteiger partial charge on any atom is -0.372 e. The second-order valence-electron chi connectivity index (χ2n) is 7.21. The van der Waals surface area contributed by atoms with E-state index in [2.05, 4.69) is 19.9 Å². The molecule has 0 saturated carbocycles. The largest absolute Gasteiger partial charge is 0.372 e. The molecule has 0 spiro atoms. The third-order valence-electron chi connectivity index (χ3n) is 5.05. The average Bonchev–Trinajstić information content (AvgIpc) is 2.88. The highest BCUT2D eigenvalue weighted by molar-refractivity contribution is 5.78. The third-order valence-corrected chi connectivity index (χ3v) is 5.05. The van der Waals surface area contributed by atoms with Crippen LogP contribution in [0.15, 0.2) is 43.0 Å². The SMILES string of the molecule is Cc1ncc(-c2ccc3c(c2)N(c2cnc(CF)nc2)[C@H](O)C3(C)C)cn1. The molecule has 0 aliphatic carbocycles. The van der Waals surface area contributed by atoms with Crippen LogP contribution in [0.25, 0.3) is 11.1 Å². The van der Waals surface area contributed by atoms with E-state index in [-0.39, 0.29) is 5.82 Å². The third kappa shape index (κ3) is 2.84. The van der Waals surface area contributed by atoms with Crippen LogP contribution in [0, 0.1) is 6.92 Å². The molecule has 2 aromatic heterocycles. The minimum absolute atomic E-state index is 0.123. The number of rotatable bonds is 3. The first-order valence-corrected chi connectivity index (χ1v) is 8.69. The molecule has 138 valence electrons. The summed E-state index contributed by atoms with van der Waals surface area (Å²) in [5.41, 5.74) is 3.85. The Morgan fingerprint density at radius 1 is 1.04 bits per heavy atom. The maximum atomic E-state index is 12.7. The van der Waals surface area contributed by atoms with Crippen LogP contribution in [-0.4, -0.2) is 31.3 Å². The zero-order valence-corrected chi connectivity index (χ0v) is 15.4. The number of aliphatic hydroxyl groups excluding tert-OH is 1. The van der Waals surface area contributed by atoms with Crippen molar-refractivity contribution in [3.8, 4) is 11.1 Å². The Hall–Kier alpha value is -2.93. The van der Waals surface area contributed by atoms with Gasteiger partial charge in [0.25, 0.3) is 0 Å². The minimum atomic E-state index is -0.795. The van der Waals surface area contributed by atoms with Crippen LogP contribution in [0.3, 0.4) is 0 Å². The van der Waals surface area contributed by atoms with E-state index in [4.69, 9.17) is 0 Å². The molecule has 1 aliphatic rings. The molecule has 3 heterocycles. The van der Waals surface area contributed by atoms with Crippen molar-refractivity contribution in [3.05, 3.63) is 60.2 Å². The predicted molar refractivity (Wildman–Crippen MR) is 100 cm³/mol. The molecule has 0 radical (unpaired) electrons. The fourth-order valence-corrected chi connectivity index (χ4v) is 3.41. The van der Waals surface area contributed by atoms with Crippen molar-refractivity contribution < 1.29 is 9.50 Å². The van der Waals surface area contributed by atoms with Crippen molar-refractivity contribution in [2.45, 2.75) is 39.1 Å². The van der Waals surface area contributed by atoms with Crippen LogP contribution >= 0.6 is 0 Å². The molecule has 0 unspecified atom stereocenters. The first kappa shape index (κ1) is 17.5. The van der Waals surface area contributed by atoms with Crippen LogP contribution in [0.1, 0.15) is 31.1 Å². The van der Waals surface area contributed by atoms with Crippen LogP contribution < -0.4 is 4.90 Å². The molecule has 0 bridgehead atoms. The number of benzene rings is 1. The highest BCUT2D eigenvalue weighted by Crippen LogP contribution is 2.48. The van der Waals surface area contributed by atoms with Gasteiger partial charge < -0.3 is 10.0 Å². The van der Waals surface area contributed by atoms with E-state index in [0.29, 0.717) is 11.5 Å². The van der Waals surface area contributed by atoms with Crippen LogP contribution in [0.4, 0.5) is 15.8 Å². The normalized spacial score (nSPS) is 17.8. The number of nitrogens with zero attached hydrogens (tertiary/aromatic N) is 5. The molecule has 0 fully saturated rings. The van der Waals surface area contributed by atoms with E-state index in [9.17, 15) is 9.50 Å². The van der Waals surface area contributed by atoms with Gasteiger partial charge in [-0.15, -0.1) is 0 Å². The van der Waals surface area contributed by atoms with Crippen molar-refractivity contribution in [3.63, 3.8) is 0 Å². The van der Waals surface area contributed by atoms with E-state index in [0.717, 1.165) is 22.4 Å². The summed E-state index contributed by atoms with van der Waals surface area (Å²) in [6.45, 7) is 5.10. The van der Waals surface area contributed by atoms with Crippen LogP contribution in [-0.2, 0) is 12.1 Å². The number of fused-ring (bicyclic) bond motifs is 1. The lowest BCUT2D eigenvalue weighted by Crippen LogP contribution is -2.38. The molecular formula is C20H20FN5O. The lowest BCUT2D eigenvalue weighted by molar-refractivity contribution is 0.119. The van der Waals surface area contributed by atoms with Crippen molar-refractivity contribution in [2.24, 2.45) is 0 Å². The molecule has 1 atom stereocenters. The second kappa shape index (κ2) is 6.35. The molecule has 3 aromatic rings. The van der Waals surface area contributed by atoms with E-state index in [1.807, 2.05) is 39.0 Å². The lowest BCUT2D eigenvalue weighted by atomic mass is 9.85. The molecule has 0 amide bonds. The molecule has 1 aliphatic heterocycles. The quantitative estimate of drug-likeness (QED) is 0.766. The monoisotopic (exact) mass is 365 g/mol. The molecule has 1 N–H and O–H groups in total. The van der Waals surface area contributed by atoms with Crippen molar-refractivity contribution in [1.82, 2.24) is 19.9 Å². The van der Waals surface area contributed by atoms with Gasteiger partial charge in [0.15, 0.2) is 5.82 Å². The van der Waals surface area contributed by atoms with E-state index in [1.165, 1.54) is 12.4 Å². The van der Waals surface area contributed by atoms with Crippen molar-refractivity contribution >= 4 is 11.4 Å². The van der Waals surface area contributed by atoms with Gasteiger partial charge in [-0.2, -0.15) is 0 Å². The Morgan fingerprint density at radius 3 is 2.33 bits per heavy atom. The Kier molecular flexibility index (Phi) is 4.11. The van der Waals surface area contributed by atoms with Gasteiger partial charge in [0.05, 0.1) is 18.1 Å². The smallest absolute Gasteiger partial charge is 0.159 e. The number of hydrogen-bond donors (Lipinski definition) is 1. The van der Waals surface area contributed by atoms with Crippen LogP contribution in [0.2, 0.25) is 0 Å². The number of aliphatic hydroxyl groups is 1. The summed E-state index contributed by atoms with van der Waals surface area (Å²) < 4.78 is 12.7. The Morgan fingerprint density at radius 2 is 1.70 bits per heavy atom. The summed E-state index contributed by atoms with van der Waals surface area (Å²) in [7, 11) is 0. The van der Waals surface area contributed by atoms with Gasteiger partial charge >= 0.3 is 0 Å². The van der Waals surface area contributed by atoms with E-state index < -0.39 is 18.3 Å². The fraction of sp³-hybridized carbons (Fsp3) is 0.300. The standard InChI is InChI=1S/C20H20FN5O/c1-12-22-8-14(9-23-12)13-4-5-16-17(6-13)26(19(27)20(16,2)3)15-10-24-18(7-21)25-11-15/h4-6,8-11,19,27H,7H2,1-3H3/t19-/m1/s1. The number of halogens is 1. The number of anilines is 2. The molecule has 7 heteroatoms. The van der Waals surface area contributed by atoms with Gasteiger partial charge in [0.1, 0.15) is 18.7 Å². The summed E-state index contributed by atoms with van der Waals surface area (Å²) in [4.78, 5) is 18.4. The topological polar surface area (TPSA) is 75.0 Å². The van der Waals surface area contributed by atoms with Crippen molar-refractivity contribution in [2.75, 3.05) is 4.90 Å². The Labute approximate surface area is 156 Å². The predicted octanol–water partition coefficient (Wildman–Crippen LogP) is 3.46. The summed E-state index contributed by atoms with van der Waals surface area (Å²) in [5, 5.41) is 11.0. The number of aromatic nitrogens is 4. The summed E-state index contributed by atoms with van der Waals surface area (Å²) in [6.07, 6.45) is 5.85. The number of hydrogen-bond acceptors (Lipinski definition) is 6. The van der Waals surface area contributed by atoms with Gasteiger partial charge in [0.2, 0.25) is 0 Å². The van der Waals surface area contributed by atoms with Crippen LogP contribution in [0.5, 0.6) is 0 Å². The highest BCUT2D eigenvalue weighted by Gasteiger charge is 2.44. The molecule has 4 rings (SSSR count). The molecule has 6 nitrogen and oxygen atoms in total. The maximum absolute atomic E-state index is 12.7. The first-order valence-electron chi connectivity index (χ1n) is 8.69. The Balaban J connectivity index is 1.83. The van der Waals surface area contributed by atoms with Crippen molar-refractivity contribution in [1.29, 1.82) is 0 Å². The molecule has 1 aromatic carbocycles. The first-order chi connectivity index (χ1) is 12.9. The van der Waals surface area contributed by atoms with Gasteiger partial charge in [-0.25, -0.2) is 24.3 Å².